The normalized spacial score (nSPS) is 11.8. The molecule has 2 aromatic heterocycles. The Morgan fingerprint density at radius 2 is 2.00 bits per heavy atom. The van der Waals surface area contributed by atoms with Gasteiger partial charge >= 0.3 is 6.18 Å². The lowest BCUT2D eigenvalue weighted by Crippen LogP contribution is -2.05. The van der Waals surface area contributed by atoms with Crippen LogP contribution in [0.15, 0.2) is 30.6 Å². The van der Waals surface area contributed by atoms with E-state index in [-0.39, 0.29) is 10.8 Å². The topological polar surface area (TPSA) is 50.7 Å². The van der Waals surface area contributed by atoms with Crippen LogP contribution in [0.5, 0.6) is 0 Å². The molecule has 1 aromatic carbocycles. The molecule has 0 radical (unpaired) electrons. The molecule has 0 saturated carbocycles. The largest absolute Gasteiger partial charge is 0.416 e. The minimum Gasteiger partial charge on any atom is -0.331 e. The number of halogens is 4. The van der Waals surface area contributed by atoms with Crippen LogP contribution in [0.3, 0.4) is 0 Å². The van der Waals surface area contributed by atoms with E-state index in [1.807, 2.05) is 0 Å². The third-order valence-electron chi connectivity index (χ3n) is 2.59. The maximum absolute atomic E-state index is 12.7. The highest BCUT2D eigenvalue weighted by molar-refractivity contribution is 7.21. The van der Waals surface area contributed by atoms with Crippen molar-refractivity contribution in [2.45, 2.75) is 6.18 Å². The molecule has 4 nitrogen and oxygen atoms in total. The van der Waals surface area contributed by atoms with Gasteiger partial charge in [0, 0.05) is 5.69 Å². The third kappa shape index (κ3) is 2.91. The van der Waals surface area contributed by atoms with Crippen LogP contribution in [0.25, 0.3) is 10.3 Å². The lowest BCUT2D eigenvalue weighted by Gasteiger charge is -2.08. The molecule has 21 heavy (non-hydrogen) atoms. The molecular formula is C12H6ClF3N4S. The first-order valence-electron chi connectivity index (χ1n) is 5.65. The zero-order chi connectivity index (χ0) is 15.0. The maximum atomic E-state index is 12.7. The van der Waals surface area contributed by atoms with Crippen molar-refractivity contribution < 1.29 is 13.2 Å². The van der Waals surface area contributed by atoms with Crippen molar-refractivity contribution in [2.24, 2.45) is 0 Å². The van der Waals surface area contributed by atoms with Gasteiger partial charge in [-0.05, 0) is 18.2 Å². The fraction of sp³-hybridized carbons (Fsp3) is 0.0833. The van der Waals surface area contributed by atoms with Crippen LogP contribution in [0.4, 0.5) is 24.0 Å². The standard InChI is InChI=1S/C12H6ClF3N4S/c13-9-8-10(18-5-17-9)21-11(20-8)19-7-3-1-2-6(4-7)12(14,15)16/h1-5H,(H,19,20). The Kier molecular flexibility index (Phi) is 3.42. The Bertz CT molecular complexity index is 803. The summed E-state index contributed by atoms with van der Waals surface area (Å²) in [5.41, 5.74) is -0.0296. The number of hydrogen-bond donors (Lipinski definition) is 1. The van der Waals surface area contributed by atoms with E-state index in [9.17, 15) is 13.2 Å². The summed E-state index contributed by atoms with van der Waals surface area (Å²) >= 11 is 7.06. The van der Waals surface area contributed by atoms with E-state index in [2.05, 4.69) is 20.3 Å². The first-order chi connectivity index (χ1) is 9.93. The third-order valence-corrected chi connectivity index (χ3v) is 3.75. The Morgan fingerprint density at radius 1 is 1.19 bits per heavy atom. The van der Waals surface area contributed by atoms with Crippen molar-refractivity contribution >= 4 is 44.1 Å². The number of rotatable bonds is 2. The molecule has 2 heterocycles. The Balaban J connectivity index is 1.93. The molecule has 0 fully saturated rings. The highest BCUT2D eigenvalue weighted by atomic mass is 35.5. The molecule has 3 aromatic rings. The summed E-state index contributed by atoms with van der Waals surface area (Å²) in [6, 6.07) is 4.87. The van der Waals surface area contributed by atoms with Crippen LogP contribution in [-0.2, 0) is 6.18 Å². The first-order valence-corrected chi connectivity index (χ1v) is 6.84. The minimum absolute atomic E-state index is 0.202. The second-order valence-corrected chi connectivity index (χ2v) is 5.38. The van der Waals surface area contributed by atoms with Gasteiger partial charge in [-0.1, -0.05) is 29.0 Å². The molecule has 0 bridgehead atoms. The predicted molar refractivity (Wildman–Crippen MR) is 74.9 cm³/mol. The summed E-state index contributed by atoms with van der Waals surface area (Å²) < 4.78 is 38.0. The summed E-state index contributed by atoms with van der Waals surface area (Å²) in [5.74, 6) is 0. The summed E-state index contributed by atoms with van der Waals surface area (Å²) in [7, 11) is 0. The number of nitrogens with zero attached hydrogens (tertiary/aromatic N) is 3. The average Bonchev–Trinajstić information content (AvgIpc) is 2.82. The van der Waals surface area contributed by atoms with Crippen LogP contribution in [0.1, 0.15) is 5.56 Å². The van der Waals surface area contributed by atoms with Crippen molar-refractivity contribution in [3.05, 3.63) is 41.3 Å². The van der Waals surface area contributed by atoms with Gasteiger partial charge < -0.3 is 5.32 Å². The average molecular weight is 331 g/mol. The number of benzene rings is 1. The molecule has 0 unspecified atom stereocenters. The highest BCUT2D eigenvalue weighted by Gasteiger charge is 2.30. The van der Waals surface area contributed by atoms with Crippen molar-refractivity contribution in [3.8, 4) is 0 Å². The van der Waals surface area contributed by atoms with E-state index in [1.165, 1.54) is 29.8 Å². The molecule has 0 saturated heterocycles. The fourth-order valence-corrected chi connectivity index (χ4v) is 2.74. The second kappa shape index (κ2) is 5.12. The summed E-state index contributed by atoms with van der Waals surface area (Å²) in [6.07, 6.45) is -3.09. The van der Waals surface area contributed by atoms with E-state index < -0.39 is 11.7 Å². The highest BCUT2D eigenvalue weighted by Crippen LogP contribution is 2.33. The van der Waals surface area contributed by atoms with Crippen LogP contribution in [0.2, 0.25) is 5.15 Å². The number of alkyl halides is 3. The van der Waals surface area contributed by atoms with Gasteiger partial charge in [-0.2, -0.15) is 13.2 Å². The minimum atomic E-state index is -4.39. The van der Waals surface area contributed by atoms with E-state index >= 15 is 0 Å². The van der Waals surface area contributed by atoms with Crippen LogP contribution in [-0.4, -0.2) is 15.0 Å². The quantitative estimate of drug-likeness (QED) is 0.703. The Hall–Kier alpha value is -1.93. The Morgan fingerprint density at radius 3 is 2.71 bits per heavy atom. The molecule has 108 valence electrons. The molecular weight excluding hydrogens is 325 g/mol. The lowest BCUT2D eigenvalue weighted by atomic mass is 10.2. The lowest BCUT2D eigenvalue weighted by molar-refractivity contribution is -0.137. The molecule has 0 aliphatic carbocycles. The van der Waals surface area contributed by atoms with Crippen molar-refractivity contribution in [1.29, 1.82) is 0 Å². The second-order valence-electron chi connectivity index (χ2n) is 4.04. The molecule has 9 heteroatoms. The van der Waals surface area contributed by atoms with Crippen molar-refractivity contribution in [2.75, 3.05) is 5.32 Å². The summed E-state index contributed by atoms with van der Waals surface area (Å²) in [5, 5.41) is 3.41. The SMILES string of the molecule is FC(F)(F)c1cccc(Nc2nc3c(Cl)ncnc3s2)c1. The summed E-state index contributed by atoms with van der Waals surface area (Å²) in [6.45, 7) is 0. The molecule has 1 N–H and O–H groups in total. The van der Waals surface area contributed by atoms with Crippen molar-refractivity contribution in [3.63, 3.8) is 0 Å². The van der Waals surface area contributed by atoms with Gasteiger partial charge in [0.1, 0.15) is 16.7 Å². The van der Waals surface area contributed by atoms with Gasteiger partial charge in [0.15, 0.2) is 10.3 Å². The number of hydrogen-bond acceptors (Lipinski definition) is 5. The molecule has 0 spiro atoms. The smallest absolute Gasteiger partial charge is 0.331 e. The zero-order valence-corrected chi connectivity index (χ0v) is 11.7. The van der Waals surface area contributed by atoms with Gasteiger partial charge in [0.2, 0.25) is 0 Å². The van der Waals surface area contributed by atoms with E-state index in [0.29, 0.717) is 15.5 Å². The number of nitrogens with one attached hydrogen (secondary N) is 1. The van der Waals surface area contributed by atoms with Gasteiger partial charge in [-0.3, -0.25) is 0 Å². The number of anilines is 2. The van der Waals surface area contributed by atoms with E-state index in [1.54, 1.807) is 0 Å². The van der Waals surface area contributed by atoms with Gasteiger partial charge in [-0.15, -0.1) is 0 Å². The zero-order valence-electron chi connectivity index (χ0n) is 10.1. The molecule has 3 rings (SSSR count). The Labute approximate surface area is 125 Å². The van der Waals surface area contributed by atoms with Crippen molar-refractivity contribution in [1.82, 2.24) is 15.0 Å². The number of fused-ring (bicyclic) bond motifs is 1. The molecule has 0 aliphatic heterocycles. The van der Waals surface area contributed by atoms with Crippen LogP contribution >= 0.6 is 22.9 Å². The van der Waals surface area contributed by atoms with Gasteiger partial charge in [0.05, 0.1) is 5.56 Å². The number of thiazole rings is 1. The van der Waals surface area contributed by atoms with Gasteiger partial charge in [-0.25, -0.2) is 15.0 Å². The monoisotopic (exact) mass is 330 g/mol. The summed E-state index contributed by atoms with van der Waals surface area (Å²) in [4.78, 5) is 12.5. The predicted octanol–water partition coefficient (Wildman–Crippen LogP) is 4.50. The number of aromatic nitrogens is 3. The van der Waals surface area contributed by atoms with E-state index in [4.69, 9.17) is 11.6 Å². The first kappa shape index (κ1) is 14.0. The molecule has 0 atom stereocenters. The molecule has 0 amide bonds. The maximum Gasteiger partial charge on any atom is 0.416 e. The van der Waals surface area contributed by atoms with Crippen LogP contribution in [0, 0.1) is 0 Å². The van der Waals surface area contributed by atoms with Crippen LogP contribution < -0.4 is 5.32 Å². The fourth-order valence-electron chi connectivity index (χ4n) is 1.68. The molecule has 0 aliphatic rings. The van der Waals surface area contributed by atoms with E-state index in [0.717, 1.165) is 12.1 Å². The van der Waals surface area contributed by atoms with Gasteiger partial charge in [0.25, 0.3) is 0 Å².